The Labute approximate surface area is 225 Å². The van der Waals surface area contributed by atoms with Crippen molar-refractivity contribution in [3.8, 4) is 0 Å². The average molecular weight is 538 g/mol. The monoisotopic (exact) mass is 537 g/mol. The van der Waals surface area contributed by atoms with Crippen LogP contribution in [0.2, 0.25) is 0 Å². The Morgan fingerprint density at radius 2 is 1.74 bits per heavy atom. The number of nitrogens with one attached hydrogen (secondary N) is 2. The van der Waals surface area contributed by atoms with Crippen molar-refractivity contribution < 1.29 is 29.3 Å². The number of carbonyl (C=O) groups is 2. The second-order valence-electron chi connectivity index (χ2n) is 8.90. The number of urea groups is 1. The average Bonchev–Trinajstić information content (AvgIpc) is 2.93. The minimum absolute atomic E-state index is 0.0427. The smallest absolute Gasteiger partial charge is 0.338 e. The molecule has 0 bridgehead atoms. The number of aliphatic hydroxyl groups excluding tert-OH is 1. The third-order valence-corrected chi connectivity index (χ3v) is 7.38. The molecule has 1 aromatic heterocycles. The van der Waals surface area contributed by atoms with Crippen LogP contribution in [0.4, 0.5) is 10.5 Å². The number of aromatic carboxylic acids is 1. The van der Waals surface area contributed by atoms with Gasteiger partial charge in [-0.1, -0.05) is 43.3 Å². The number of amides is 2. The van der Waals surface area contributed by atoms with E-state index in [1.165, 1.54) is 17.8 Å². The van der Waals surface area contributed by atoms with Crippen molar-refractivity contribution in [3.05, 3.63) is 89.1 Å². The molecule has 200 valence electrons. The van der Waals surface area contributed by atoms with E-state index >= 15 is 0 Å². The molecule has 2 amide bonds. The van der Waals surface area contributed by atoms with Crippen LogP contribution in [-0.2, 0) is 16.1 Å². The van der Waals surface area contributed by atoms with Crippen LogP contribution in [-0.4, -0.2) is 45.6 Å². The van der Waals surface area contributed by atoms with E-state index in [4.69, 9.17) is 9.47 Å². The van der Waals surface area contributed by atoms with E-state index in [0.29, 0.717) is 23.0 Å². The normalized spacial score (nSPS) is 21.0. The zero-order valence-corrected chi connectivity index (χ0v) is 22.0. The molecule has 1 fully saturated rings. The molecule has 38 heavy (non-hydrogen) atoms. The SMILES string of the molecule is CCNC(=O)Nc1ccc(C2OC(CSc3ncccc3C(=O)O)C(C)C(c3ccc(CO)cc3)O2)cc1. The molecule has 9 nitrogen and oxygen atoms in total. The van der Waals surface area contributed by atoms with E-state index in [2.05, 4.69) is 15.6 Å². The lowest BCUT2D eigenvalue weighted by molar-refractivity contribution is -0.268. The molecule has 0 aliphatic carbocycles. The Bertz CT molecular complexity index is 1240. The number of ether oxygens (including phenoxy) is 2. The summed E-state index contributed by atoms with van der Waals surface area (Å²) in [4.78, 5) is 27.8. The van der Waals surface area contributed by atoms with Gasteiger partial charge in [-0.3, -0.25) is 0 Å². The van der Waals surface area contributed by atoms with Gasteiger partial charge in [0.1, 0.15) is 5.03 Å². The lowest BCUT2D eigenvalue weighted by atomic mass is 9.91. The summed E-state index contributed by atoms with van der Waals surface area (Å²) in [5, 5.41) is 24.9. The van der Waals surface area contributed by atoms with Gasteiger partial charge in [0, 0.05) is 35.7 Å². The molecular formula is C28H31N3O6S. The molecule has 4 atom stereocenters. The van der Waals surface area contributed by atoms with Gasteiger partial charge in [0.2, 0.25) is 0 Å². The van der Waals surface area contributed by atoms with E-state index in [-0.39, 0.29) is 36.3 Å². The lowest BCUT2D eigenvalue weighted by Crippen LogP contribution is -2.38. The summed E-state index contributed by atoms with van der Waals surface area (Å²) in [7, 11) is 0. The first-order valence-electron chi connectivity index (χ1n) is 12.4. The Balaban J connectivity index is 1.57. The van der Waals surface area contributed by atoms with Crippen LogP contribution in [0, 0.1) is 5.92 Å². The van der Waals surface area contributed by atoms with Crippen molar-refractivity contribution in [1.29, 1.82) is 0 Å². The number of anilines is 1. The second-order valence-corrected chi connectivity index (χ2v) is 9.91. The number of rotatable bonds is 9. The number of carboxylic acid groups (broad SMARTS) is 1. The fourth-order valence-electron chi connectivity index (χ4n) is 4.20. The molecule has 1 aliphatic rings. The van der Waals surface area contributed by atoms with Crippen LogP contribution < -0.4 is 10.6 Å². The maximum atomic E-state index is 11.8. The highest BCUT2D eigenvalue weighted by molar-refractivity contribution is 7.99. The molecule has 4 rings (SSSR count). The summed E-state index contributed by atoms with van der Waals surface area (Å²) in [5.41, 5.74) is 3.35. The van der Waals surface area contributed by atoms with Crippen molar-refractivity contribution in [2.45, 2.75) is 44.0 Å². The Morgan fingerprint density at radius 1 is 1.03 bits per heavy atom. The van der Waals surface area contributed by atoms with Gasteiger partial charge < -0.3 is 30.3 Å². The molecule has 4 N–H and O–H groups in total. The fraction of sp³-hybridized carbons (Fsp3) is 0.321. The Morgan fingerprint density at radius 3 is 2.39 bits per heavy atom. The molecule has 1 aliphatic heterocycles. The number of aromatic nitrogens is 1. The minimum atomic E-state index is -1.03. The van der Waals surface area contributed by atoms with Gasteiger partial charge in [-0.2, -0.15) is 0 Å². The number of aliphatic hydroxyl groups is 1. The van der Waals surface area contributed by atoms with E-state index in [1.54, 1.807) is 24.4 Å². The van der Waals surface area contributed by atoms with Crippen molar-refractivity contribution in [1.82, 2.24) is 10.3 Å². The molecule has 3 aromatic rings. The molecule has 2 aromatic carbocycles. The quantitative estimate of drug-likeness (QED) is 0.281. The third-order valence-electron chi connectivity index (χ3n) is 6.29. The highest BCUT2D eigenvalue weighted by atomic mass is 32.2. The predicted octanol–water partition coefficient (Wildman–Crippen LogP) is 5.00. The largest absolute Gasteiger partial charge is 0.478 e. The van der Waals surface area contributed by atoms with Crippen LogP contribution in [0.15, 0.2) is 71.9 Å². The predicted molar refractivity (Wildman–Crippen MR) is 144 cm³/mol. The Kier molecular flexibility index (Phi) is 9.35. The summed E-state index contributed by atoms with van der Waals surface area (Å²) in [6.07, 6.45) is 0.315. The number of nitrogens with zero attached hydrogens (tertiary/aromatic N) is 1. The van der Waals surface area contributed by atoms with Gasteiger partial charge >= 0.3 is 12.0 Å². The number of carboxylic acids is 1. The zero-order valence-electron chi connectivity index (χ0n) is 21.2. The number of pyridine rings is 1. The topological polar surface area (TPSA) is 130 Å². The second kappa shape index (κ2) is 12.9. The van der Waals surface area contributed by atoms with Crippen LogP contribution in [0.5, 0.6) is 0 Å². The first kappa shape index (κ1) is 27.6. The summed E-state index contributed by atoms with van der Waals surface area (Å²) < 4.78 is 12.8. The van der Waals surface area contributed by atoms with Crippen molar-refractivity contribution in [2.75, 3.05) is 17.6 Å². The van der Waals surface area contributed by atoms with Gasteiger partial charge in [0.05, 0.1) is 24.4 Å². The maximum absolute atomic E-state index is 11.8. The minimum Gasteiger partial charge on any atom is -0.478 e. The van der Waals surface area contributed by atoms with Crippen LogP contribution >= 0.6 is 11.8 Å². The van der Waals surface area contributed by atoms with Gasteiger partial charge in [-0.25, -0.2) is 14.6 Å². The number of benzene rings is 2. The van der Waals surface area contributed by atoms with E-state index in [1.807, 2.05) is 50.2 Å². The Hall–Kier alpha value is -3.44. The number of carbonyl (C=O) groups excluding carboxylic acids is 1. The number of hydrogen-bond donors (Lipinski definition) is 4. The fourth-order valence-corrected chi connectivity index (χ4v) is 5.35. The van der Waals surface area contributed by atoms with Crippen LogP contribution in [0.25, 0.3) is 0 Å². The van der Waals surface area contributed by atoms with Crippen molar-refractivity contribution >= 4 is 29.4 Å². The van der Waals surface area contributed by atoms with Gasteiger partial charge in [0.15, 0.2) is 6.29 Å². The highest BCUT2D eigenvalue weighted by Crippen LogP contribution is 2.43. The van der Waals surface area contributed by atoms with Gasteiger partial charge in [-0.05, 0) is 42.3 Å². The van der Waals surface area contributed by atoms with Crippen molar-refractivity contribution in [2.24, 2.45) is 5.92 Å². The zero-order chi connectivity index (χ0) is 27.1. The molecule has 4 unspecified atom stereocenters. The van der Waals surface area contributed by atoms with Crippen molar-refractivity contribution in [3.63, 3.8) is 0 Å². The first-order chi connectivity index (χ1) is 18.4. The molecule has 2 heterocycles. The summed E-state index contributed by atoms with van der Waals surface area (Å²) in [6.45, 7) is 4.37. The van der Waals surface area contributed by atoms with Crippen LogP contribution in [0.3, 0.4) is 0 Å². The first-order valence-corrected chi connectivity index (χ1v) is 13.3. The summed E-state index contributed by atoms with van der Waals surface area (Å²) in [5.74, 6) is -0.614. The highest BCUT2D eigenvalue weighted by Gasteiger charge is 2.38. The van der Waals surface area contributed by atoms with Gasteiger partial charge in [-0.15, -0.1) is 11.8 Å². The number of hydrogen-bond acceptors (Lipinski definition) is 7. The van der Waals surface area contributed by atoms with E-state index < -0.39 is 12.3 Å². The van der Waals surface area contributed by atoms with E-state index in [0.717, 1.165) is 16.7 Å². The summed E-state index contributed by atoms with van der Waals surface area (Å²) in [6, 6.07) is 17.8. The number of thioether (sulfide) groups is 1. The lowest BCUT2D eigenvalue weighted by Gasteiger charge is -2.41. The molecular weight excluding hydrogens is 506 g/mol. The third kappa shape index (κ3) is 6.70. The van der Waals surface area contributed by atoms with Gasteiger partial charge in [0.25, 0.3) is 0 Å². The summed E-state index contributed by atoms with van der Waals surface area (Å²) >= 11 is 1.34. The molecule has 0 radical (unpaired) electrons. The van der Waals surface area contributed by atoms with Crippen LogP contribution in [0.1, 0.15) is 53.3 Å². The molecule has 10 heteroatoms. The maximum Gasteiger partial charge on any atom is 0.338 e. The molecule has 0 spiro atoms. The molecule has 0 saturated carbocycles. The molecule has 1 saturated heterocycles. The van der Waals surface area contributed by atoms with E-state index in [9.17, 15) is 19.8 Å². The standard InChI is InChI=1S/C28H31N3O6S/c1-3-29-28(35)31-21-12-10-20(11-13-21)27-36-23(16-38-25-22(26(33)34)5-4-14-30-25)17(2)24(37-27)19-8-6-18(15-32)7-9-19/h4-14,17,23-24,27,32H,3,15-16H2,1-2H3,(H,33,34)(H2,29,31,35).